The number of carbonyl (C=O) groups is 1. The Morgan fingerprint density at radius 1 is 1.39 bits per heavy atom. The first-order valence-corrected chi connectivity index (χ1v) is 6.03. The summed E-state index contributed by atoms with van der Waals surface area (Å²) in [5.74, 6) is -0.234. The number of amides is 1. The maximum atomic E-state index is 11.9. The molecule has 0 bridgehead atoms. The summed E-state index contributed by atoms with van der Waals surface area (Å²) in [7, 11) is 1.92. The zero-order chi connectivity index (χ0) is 13.1. The Morgan fingerprint density at radius 2 is 2.06 bits per heavy atom. The van der Waals surface area contributed by atoms with E-state index in [2.05, 4.69) is 10.3 Å². The van der Waals surface area contributed by atoms with Crippen molar-refractivity contribution in [3.05, 3.63) is 52.0 Å². The molecule has 0 saturated heterocycles. The molecular weight excluding hydrogens is 273 g/mol. The van der Waals surface area contributed by atoms with Gasteiger partial charge in [0.2, 0.25) is 0 Å². The Balaban J connectivity index is 2.06. The number of pyridine rings is 1. The molecule has 0 aromatic carbocycles. The Labute approximate surface area is 115 Å². The minimum atomic E-state index is -0.234. The highest BCUT2D eigenvalue weighted by Crippen LogP contribution is 2.14. The van der Waals surface area contributed by atoms with Crippen LogP contribution in [0.2, 0.25) is 10.3 Å². The van der Waals surface area contributed by atoms with Crippen LogP contribution in [0, 0.1) is 0 Å². The molecule has 4 nitrogen and oxygen atoms in total. The highest BCUT2D eigenvalue weighted by molar-refractivity contribution is 6.33. The van der Waals surface area contributed by atoms with Crippen molar-refractivity contribution in [2.75, 3.05) is 0 Å². The summed E-state index contributed by atoms with van der Waals surface area (Å²) in [4.78, 5) is 15.7. The molecule has 94 valence electrons. The maximum absolute atomic E-state index is 11.9. The molecule has 0 fully saturated rings. The average molecular weight is 284 g/mol. The lowest BCUT2D eigenvalue weighted by atomic mass is 10.2. The number of aryl methyl sites for hydroxylation is 1. The maximum Gasteiger partial charge on any atom is 0.251 e. The Kier molecular flexibility index (Phi) is 3.89. The molecule has 1 amide bonds. The number of nitrogens with zero attached hydrogens (tertiary/aromatic N) is 2. The molecule has 2 rings (SSSR count). The van der Waals surface area contributed by atoms with Crippen molar-refractivity contribution in [3.63, 3.8) is 0 Å². The van der Waals surface area contributed by atoms with Crippen molar-refractivity contribution in [2.24, 2.45) is 7.05 Å². The summed E-state index contributed by atoms with van der Waals surface area (Å²) in [5, 5.41) is 3.19. The summed E-state index contributed by atoms with van der Waals surface area (Å²) in [5.41, 5.74) is 1.41. The van der Waals surface area contributed by atoms with Crippen LogP contribution in [-0.2, 0) is 13.6 Å². The van der Waals surface area contributed by atoms with E-state index in [1.807, 2.05) is 29.9 Å². The van der Waals surface area contributed by atoms with Gasteiger partial charge in [0.05, 0.1) is 6.54 Å². The van der Waals surface area contributed by atoms with E-state index in [4.69, 9.17) is 23.2 Å². The molecule has 0 radical (unpaired) electrons. The van der Waals surface area contributed by atoms with Gasteiger partial charge < -0.3 is 9.88 Å². The predicted molar refractivity (Wildman–Crippen MR) is 70.8 cm³/mol. The second-order valence-corrected chi connectivity index (χ2v) is 4.57. The van der Waals surface area contributed by atoms with Crippen molar-refractivity contribution in [1.82, 2.24) is 14.9 Å². The molecule has 2 aromatic heterocycles. The third-order valence-corrected chi connectivity index (χ3v) is 2.89. The van der Waals surface area contributed by atoms with E-state index in [1.165, 1.54) is 12.1 Å². The number of aromatic nitrogens is 2. The Bertz CT molecular complexity index is 560. The first-order valence-electron chi connectivity index (χ1n) is 5.28. The summed E-state index contributed by atoms with van der Waals surface area (Å²) in [6, 6.07) is 6.82. The van der Waals surface area contributed by atoms with Crippen LogP contribution < -0.4 is 5.32 Å². The second kappa shape index (κ2) is 5.42. The molecule has 1 N–H and O–H groups in total. The first kappa shape index (κ1) is 12.9. The van der Waals surface area contributed by atoms with Crippen LogP contribution in [-0.4, -0.2) is 15.5 Å². The van der Waals surface area contributed by atoms with E-state index in [0.717, 1.165) is 5.69 Å². The molecule has 0 aliphatic carbocycles. The van der Waals surface area contributed by atoms with Gasteiger partial charge in [0.1, 0.15) is 10.3 Å². The molecule has 0 spiro atoms. The Morgan fingerprint density at radius 3 is 2.61 bits per heavy atom. The summed E-state index contributed by atoms with van der Waals surface area (Å²) >= 11 is 11.5. The molecule has 0 unspecified atom stereocenters. The third kappa shape index (κ3) is 3.03. The number of halogens is 2. The summed E-state index contributed by atoms with van der Waals surface area (Å²) < 4.78 is 1.94. The van der Waals surface area contributed by atoms with Crippen molar-refractivity contribution in [1.29, 1.82) is 0 Å². The number of hydrogen-bond acceptors (Lipinski definition) is 2. The van der Waals surface area contributed by atoms with Gasteiger partial charge in [-0.25, -0.2) is 4.98 Å². The standard InChI is InChI=1S/C12H11Cl2N3O/c1-17-4-2-3-9(17)7-15-12(18)8-5-10(13)16-11(14)6-8/h2-6H,7H2,1H3,(H,15,18). The second-order valence-electron chi connectivity index (χ2n) is 3.79. The molecule has 6 heteroatoms. The van der Waals surface area contributed by atoms with Gasteiger partial charge in [-0.1, -0.05) is 23.2 Å². The summed E-state index contributed by atoms with van der Waals surface area (Å²) in [6.45, 7) is 0.444. The monoisotopic (exact) mass is 283 g/mol. The zero-order valence-electron chi connectivity index (χ0n) is 9.65. The van der Waals surface area contributed by atoms with Crippen LogP contribution in [0.1, 0.15) is 16.1 Å². The van der Waals surface area contributed by atoms with Gasteiger partial charge in [-0.2, -0.15) is 0 Å². The molecule has 0 aliphatic rings. The Hall–Kier alpha value is -1.52. The van der Waals surface area contributed by atoms with Gasteiger partial charge in [-0.05, 0) is 24.3 Å². The fraction of sp³-hybridized carbons (Fsp3) is 0.167. The molecule has 2 aromatic rings. The van der Waals surface area contributed by atoms with Gasteiger partial charge in [0.15, 0.2) is 0 Å². The fourth-order valence-corrected chi connectivity index (χ4v) is 2.01. The number of hydrogen-bond donors (Lipinski definition) is 1. The topological polar surface area (TPSA) is 46.9 Å². The number of nitrogens with one attached hydrogen (secondary N) is 1. The van der Waals surface area contributed by atoms with Gasteiger partial charge in [-0.15, -0.1) is 0 Å². The van der Waals surface area contributed by atoms with E-state index < -0.39 is 0 Å². The predicted octanol–water partition coefficient (Wildman–Crippen LogP) is 2.66. The smallest absolute Gasteiger partial charge is 0.251 e. The largest absolute Gasteiger partial charge is 0.353 e. The van der Waals surface area contributed by atoms with Crippen LogP contribution >= 0.6 is 23.2 Å². The highest BCUT2D eigenvalue weighted by atomic mass is 35.5. The van der Waals surface area contributed by atoms with Crippen molar-refractivity contribution >= 4 is 29.1 Å². The minimum Gasteiger partial charge on any atom is -0.353 e. The van der Waals surface area contributed by atoms with Gasteiger partial charge in [0.25, 0.3) is 5.91 Å². The minimum absolute atomic E-state index is 0.200. The SMILES string of the molecule is Cn1cccc1CNC(=O)c1cc(Cl)nc(Cl)c1. The normalized spacial score (nSPS) is 10.4. The van der Waals surface area contributed by atoms with Crippen LogP contribution in [0.4, 0.5) is 0 Å². The molecular formula is C12H11Cl2N3O. The van der Waals surface area contributed by atoms with Crippen LogP contribution in [0.5, 0.6) is 0 Å². The van der Waals surface area contributed by atoms with E-state index in [1.54, 1.807) is 0 Å². The van der Waals surface area contributed by atoms with Crippen molar-refractivity contribution < 1.29 is 4.79 Å². The lowest BCUT2D eigenvalue weighted by Gasteiger charge is -2.07. The zero-order valence-corrected chi connectivity index (χ0v) is 11.2. The van der Waals surface area contributed by atoms with E-state index in [-0.39, 0.29) is 16.2 Å². The lowest BCUT2D eigenvalue weighted by Crippen LogP contribution is -2.23. The fourth-order valence-electron chi connectivity index (χ4n) is 1.55. The highest BCUT2D eigenvalue weighted by Gasteiger charge is 2.09. The van der Waals surface area contributed by atoms with Gasteiger partial charge in [-0.3, -0.25) is 4.79 Å². The summed E-state index contributed by atoms with van der Waals surface area (Å²) in [6.07, 6.45) is 1.92. The van der Waals surface area contributed by atoms with Gasteiger partial charge in [0, 0.05) is 24.5 Å². The molecule has 2 heterocycles. The third-order valence-electron chi connectivity index (χ3n) is 2.51. The van der Waals surface area contributed by atoms with Crippen LogP contribution in [0.15, 0.2) is 30.5 Å². The van der Waals surface area contributed by atoms with Crippen LogP contribution in [0.25, 0.3) is 0 Å². The quantitative estimate of drug-likeness (QED) is 0.881. The van der Waals surface area contributed by atoms with E-state index in [9.17, 15) is 4.79 Å². The molecule has 0 atom stereocenters. The van der Waals surface area contributed by atoms with E-state index >= 15 is 0 Å². The van der Waals surface area contributed by atoms with Crippen LogP contribution in [0.3, 0.4) is 0 Å². The van der Waals surface area contributed by atoms with Crippen molar-refractivity contribution in [2.45, 2.75) is 6.54 Å². The number of carbonyl (C=O) groups excluding carboxylic acids is 1. The molecule has 0 aliphatic heterocycles. The number of rotatable bonds is 3. The first-order chi connectivity index (χ1) is 8.56. The van der Waals surface area contributed by atoms with Gasteiger partial charge >= 0.3 is 0 Å². The molecule has 0 saturated carbocycles. The lowest BCUT2D eigenvalue weighted by molar-refractivity contribution is 0.0950. The average Bonchev–Trinajstić information content (AvgIpc) is 2.70. The van der Waals surface area contributed by atoms with E-state index in [0.29, 0.717) is 12.1 Å². The van der Waals surface area contributed by atoms with Crippen molar-refractivity contribution in [3.8, 4) is 0 Å². The molecule has 18 heavy (non-hydrogen) atoms.